The van der Waals surface area contributed by atoms with E-state index in [2.05, 4.69) is 5.32 Å². The summed E-state index contributed by atoms with van der Waals surface area (Å²) in [4.78, 5) is 37.2. The van der Waals surface area contributed by atoms with Crippen molar-refractivity contribution in [1.29, 1.82) is 0 Å². The van der Waals surface area contributed by atoms with Gasteiger partial charge in [0.25, 0.3) is 5.91 Å². The van der Waals surface area contributed by atoms with Crippen LogP contribution in [0.25, 0.3) is 0 Å². The van der Waals surface area contributed by atoms with Crippen LogP contribution in [0, 0.1) is 0 Å². The molecule has 1 aliphatic heterocycles. The number of primary amides is 1. The summed E-state index contributed by atoms with van der Waals surface area (Å²) in [5, 5.41) is 2.89. The van der Waals surface area contributed by atoms with E-state index in [-0.39, 0.29) is 11.8 Å². The Morgan fingerprint density at radius 2 is 1.47 bits per heavy atom. The number of ether oxygens (including phenoxy) is 1. The van der Waals surface area contributed by atoms with Crippen molar-refractivity contribution < 1.29 is 19.1 Å². The van der Waals surface area contributed by atoms with E-state index in [1.54, 1.807) is 53.4 Å². The molecule has 32 heavy (non-hydrogen) atoms. The second-order valence-corrected chi connectivity index (χ2v) is 7.51. The fourth-order valence-electron chi connectivity index (χ4n) is 3.50. The van der Waals surface area contributed by atoms with Gasteiger partial charge in [0.1, 0.15) is 11.5 Å². The van der Waals surface area contributed by atoms with Crippen LogP contribution in [-0.2, 0) is 11.3 Å². The number of anilines is 1. The first-order valence-corrected chi connectivity index (χ1v) is 10.3. The van der Waals surface area contributed by atoms with Gasteiger partial charge in [-0.1, -0.05) is 12.1 Å². The second kappa shape index (κ2) is 9.34. The Morgan fingerprint density at radius 3 is 2.00 bits per heavy atom. The molecule has 1 heterocycles. The quantitative estimate of drug-likeness (QED) is 0.599. The monoisotopic (exact) mass is 429 g/mol. The maximum absolute atomic E-state index is 12.5. The van der Waals surface area contributed by atoms with Gasteiger partial charge >= 0.3 is 0 Å². The van der Waals surface area contributed by atoms with Crippen LogP contribution in [0.5, 0.6) is 11.5 Å². The molecular weight excluding hydrogens is 406 g/mol. The van der Waals surface area contributed by atoms with Gasteiger partial charge in [0.05, 0.1) is 0 Å². The first-order valence-electron chi connectivity index (χ1n) is 10.3. The Labute approximate surface area is 185 Å². The molecule has 7 nitrogen and oxygen atoms in total. The minimum atomic E-state index is -0.496. The zero-order valence-corrected chi connectivity index (χ0v) is 17.4. The average Bonchev–Trinajstić information content (AvgIpc) is 3.24. The smallest absolute Gasteiger partial charge is 0.251 e. The molecule has 0 atom stereocenters. The Balaban J connectivity index is 1.31. The molecule has 0 aliphatic carbocycles. The van der Waals surface area contributed by atoms with Crippen LogP contribution in [-0.4, -0.2) is 24.3 Å². The first kappa shape index (κ1) is 21.1. The summed E-state index contributed by atoms with van der Waals surface area (Å²) in [5.41, 5.74) is 7.99. The zero-order valence-electron chi connectivity index (χ0n) is 17.4. The van der Waals surface area contributed by atoms with Gasteiger partial charge in [0, 0.05) is 36.3 Å². The Kier molecular flexibility index (Phi) is 6.17. The number of nitrogens with zero attached hydrogens (tertiary/aromatic N) is 1. The van der Waals surface area contributed by atoms with E-state index >= 15 is 0 Å². The molecular formula is C25H23N3O4. The molecule has 162 valence electrons. The molecule has 3 N–H and O–H groups in total. The van der Waals surface area contributed by atoms with Crippen molar-refractivity contribution in [2.45, 2.75) is 19.4 Å². The molecule has 0 saturated carbocycles. The fraction of sp³-hybridized carbons (Fsp3) is 0.160. The summed E-state index contributed by atoms with van der Waals surface area (Å²) in [5.74, 6) is 0.596. The van der Waals surface area contributed by atoms with Crippen LogP contribution in [0.2, 0.25) is 0 Å². The number of nitrogens with two attached hydrogens (primary N) is 1. The number of amides is 3. The van der Waals surface area contributed by atoms with Crippen molar-refractivity contribution in [3.63, 3.8) is 0 Å². The van der Waals surface area contributed by atoms with E-state index in [4.69, 9.17) is 10.5 Å². The predicted octanol–water partition coefficient (Wildman–Crippen LogP) is 3.63. The number of benzene rings is 3. The SMILES string of the molecule is NC(=O)c1ccc(Oc2ccc(C(=O)NCc3ccc(N4CCCC4=O)cc3)cc2)cc1. The molecule has 3 aromatic carbocycles. The van der Waals surface area contributed by atoms with Crippen molar-refractivity contribution in [3.05, 3.63) is 89.5 Å². The highest BCUT2D eigenvalue weighted by Gasteiger charge is 2.21. The van der Waals surface area contributed by atoms with Gasteiger partial charge < -0.3 is 20.7 Å². The highest BCUT2D eigenvalue weighted by molar-refractivity contribution is 5.95. The Morgan fingerprint density at radius 1 is 0.875 bits per heavy atom. The summed E-state index contributed by atoms with van der Waals surface area (Å²) in [6.45, 7) is 1.14. The minimum Gasteiger partial charge on any atom is -0.457 e. The average molecular weight is 429 g/mol. The Bertz CT molecular complexity index is 1120. The second-order valence-electron chi connectivity index (χ2n) is 7.51. The van der Waals surface area contributed by atoms with Gasteiger partial charge in [0.15, 0.2) is 0 Å². The third-order valence-electron chi connectivity index (χ3n) is 5.27. The molecule has 0 bridgehead atoms. The minimum absolute atomic E-state index is 0.154. The molecule has 1 fully saturated rings. The molecule has 1 saturated heterocycles. The lowest BCUT2D eigenvalue weighted by Gasteiger charge is -2.16. The molecule has 0 aromatic heterocycles. The largest absolute Gasteiger partial charge is 0.457 e. The standard InChI is InChI=1S/C25H23N3O4/c26-24(30)18-5-11-21(12-6-18)32-22-13-7-19(8-14-22)25(31)27-16-17-3-9-20(10-4-17)28-15-1-2-23(28)29/h3-14H,1-2,15-16H2,(H2,26,30)(H,27,31). The fourth-order valence-corrected chi connectivity index (χ4v) is 3.50. The lowest BCUT2D eigenvalue weighted by atomic mass is 10.1. The van der Waals surface area contributed by atoms with Crippen LogP contribution in [0.1, 0.15) is 39.1 Å². The molecule has 4 rings (SSSR count). The highest BCUT2D eigenvalue weighted by Crippen LogP contribution is 2.23. The Hall–Kier alpha value is -4.13. The number of nitrogens with one attached hydrogen (secondary N) is 1. The summed E-state index contributed by atoms with van der Waals surface area (Å²) in [6.07, 6.45) is 1.49. The van der Waals surface area contributed by atoms with Gasteiger partial charge in [-0.2, -0.15) is 0 Å². The van der Waals surface area contributed by atoms with Crippen LogP contribution in [0.4, 0.5) is 5.69 Å². The predicted molar refractivity (Wildman–Crippen MR) is 121 cm³/mol. The van der Waals surface area contributed by atoms with E-state index in [1.807, 2.05) is 24.3 Å². The van der Waals surface area contributed by atoms with Gasteiger partial charge in [-0.3, -0.25) is 14.4 Å². The molecule has 0 unspecified atom stereocenters. The molecule has 3 aromatic rings. The third kappa shape index (κ3) is 4.95. The van der Waals surface area contributed by atoms with Gasteiger partial charge in [-0.05, 0) is 72.6 Å². The number of hydrogen-bond acceptors (Lipinski definition) is 4. The van der Waals surface area contributed by atoms with Crippen molar-refractivity contribution >= 4 is 23.4 Å². The van der Waals surface area contributed by atoms with Crippen molar-refractivity contribution in [3.8, 4) is 11.5 Å². The summed E-state index contributed by atoms with van der Waals surface area (Å²) in [7, 11) is 0. The number of hydrogen-bond donors (Lipinski definition) is 2. The van der Waals surface area contributed by atoms with Crippen LogP contribution in [0.3, 0.4) is 0 Å². The normalized spacial score (nSPS) is 13.1. The summed E-state index contributed by atoms with van der Waals surface area (Å²) < 4.78 is 5.73. The van der Waals surface area contributed by atoms with Crippen LogP contribution < -0.4 is 20.7 Å². The summed E-state index contributed by atoms with van der Waals surface area (Å²) in [6, 6.07) is 20.9. The van der Waals surface area contributed by atoms with Crippen molar-refractivity contribution in [2.75, 3.05) is 11.4 Å². The van der Waals surface area contributed by atoms with E-state index in [0.29, 0.717) is 35.6 Å². The molecule has 1 aliphatic rings. The van der Waals surface area contributed by atoms with Gasteiger partial charge in [-0.25, -0.2) is 0 Å². The maximum atomic E-state index is 12.5. The van der Waals surface area contributed by atoms with Crippen molar-refractivity contribution in [2.24, 2.45) is 5.73 Å². The molecule has 3 amide bonds. The number of rotatable bonds is 7. The van der Waals surface area contributed by atoms with Crippen molar-refractivity contribution in [1.82, 2.24) is 5.32 Å². The first-order chi connectivity index (χ1) is 15.5. The van der Waals surface area contributed by atoms with E-state index in [9.17, 15) is 14.4 Å². The topological polar surface area (TPSA) is 102 Å². The number of carbonyl (C=O) groups is 3. The molecule has 0 radical (unpaired) electrons. The number of carbonyl (C=O) groups excluding carboxylic acids is 3. The van der Waals surface area contributed by atoms with Crippen LogP contribution >= 0.6 is 0 Å². The highest BCUT2D eigenvalue weighted by atomic mass is 16.5. The summed E-state index contributed by atoms with van der Waals surface area (Å²) >= 11 is 0. The van der Waals surface area contributed by atoms with E-state index < -0.39 is 5.91 Å². The lowest BCUT2D eigenvalue weighted by molar-refractivity contribution is -0.117. The van der Waals surface area contributed by atoms with Gasteiger partial charge in [0.2, 0.25) is 11.8 Å². The van der Waals surface area contributed by atoms with Crippen LogP contribution in [0.15, 0.2) is 72.8 Å². The van der Waals surface area contributed by atoms with E-state index in [0.717, 1.165) is 24.2 Å². The maximum Gasteiger partial charge on any atom is 0.251 e. The zero-order chi connectivity index (χ0) is 22.5. The third-order valence-corrected chi connectivity index (χ3v) is 5.27. The molecule has 0 spiro atoms. The lowest BCUT2D eigenvalue weighted by Crippen LogP contribution is -2.24. The molecule has 7 heteroatoms. The van der Waals surface area contributed by atoms with Gasteiger partial charge in [-0.15, -0.1) is 0 Å². The van der Waals surface area contributed by atoms with E-state index in [1.165, 1.54) is 0 Å².